The molecule has 4 rings (SSSR count). The van der Waals surface area contributed by atoms with Crippen molar-refractivity contribution in [3.8, 4) is 5.75 Å². The first-order valence-corrected chi connectivity index (χ1v) is 11.2. The van der Waals surface area contributed by atoms with Gasteiger partial charge in [-0.1, -0.05) is 48.9 Å². The molecule has 1 amide bonds. The van der Waals surface area contributed by atoms with Crippen molar-refractivity contribution in [1.29, 1.82) is 0 Å². The number of hydrazone groups is 1. The van der Waals surface area contributed by atoms with Gasteiger partial charge in [0.2, 0.25) is 0 Å². The summed E-state index contributed by atoms with van der Waals surface area (Å²) in [6.45, 7) is 7.39. The van der Waals surface area contributed by atoms with Gasteiger partial charge in [-0.05, 0) is 30.3 Å². The summed E-state index contributed by atoms with van der Waals surface area (Å²) in [6.07, 6.45) is 0.617. The Morgan fingerprint density at radius 2 is 1.84 bits per heavy atom. The summed E-state index contributed by atoms with van der Waals surface area (Å²) in [5.41, 5.74) is 2.76. The monoisotopic (exact) mass is 440 g/mol. The van der Waals surface area contributed by atoms with Gasteiger partial charge in [-0.15, -0.1) is 0 Å². The topological polar surface area (TPSA) is 48.4 Å². The first-order chi connectivity index (χ1) is 15.1. The largest absolute Gasteiger partial charge is 0.497 e. The van der Waals surface area contributed by atoms with Gasteiger partial charge >= 0.3 is 0 Å². The fourth-order valence-electron chi connectivity index (χ4n) is 4.23. The zero-order valence-electron chi connectivity index (χ0n) is 18.1. The zero-order valence-corrected chi connectivity index (χ0v) is 18.9. The van der Waals surface area contributed by atoms with Crippen LogP contribution in [0.15, 0.2) is 53.6 Å². The van der Waals surface area contributed by atoms with Crippen LogP contribution >= 0.6 is 11.6 Å². The van der Waals surface area contributed by atoms with E-state index < -0.39 is 0 Å². The van der Waals surface area contributed by atoms with Crippen LogP contribution in [0.1, 0.15) is 30.5 Å². The maximum absolute atomic E-state index is 13.4. The van der Waals surface area contributed by atoms with Gasteiger partial charge in [-0.25, -0.2) is 5.01 Å². The molecule has 0 bridgehead atoms. The zero-order chi connectivity index (χ0) is 21.8. The Balaban J connectivity index is 1.58. The molecule has 2 aliphatic heterocycles. The molecule has 0 aliphatic carbocycles. The minimum Gasteiger partial charge on any atom is -0.497 e. The quantitative estimate of drug-likeness (QED) is 0.687. The lowest BCUT2D eigenvalue weighted by Crippen LogP contribution is -2.49. The molecule has 1 atom stereocenters. The van der Waals surface area contributed by atoms with Crippen molar-refractivity contribution in [2.75, 3.05) is 46.4 Å². The smallest absolute Gasteiger partial charge is 0.257 e. The van der Waals surface area contributed by atoms with Crippen LogP contribution in [-0.2, 0) is 4.79 Å². The van der Waals surface area contributed by atoms with Gasteiger partial charge in [-0.3, -0.25) is 9.69 Å². The molecule has 6 nitrogen and oxygen atoms in total. The highest BCUT2D eigenvalue weighted by molar-refractivity contribution is 6.31. The maximum Gasteiger partial charge on any atom is 0.257 e. The third-order valence-corrected chi connectivity index (χ3v) is 6.45. The molecule has 0 radical (unpaired) electrons. The minimum atomic E-state index is -0.209. The third kappa shape index (κ3) is 4.92. The van der Waals surface area contributed by atoms with E-state index in [1.807, 2.05) is 48.5 Å². The molecular formula is C24H29ClN4O2. The van der Waals surface area contributed by atoms with Crippen LogP contribution in [0.5, 0.6) is 5.75 Å². The van der Waals surface area contributed by atoms with Gasteiger partial charge in [0, 0.05) is 43.2 Å². The highest BCUT2D eigenvalue weighted by Gasteiger charge is 2.35. The first kappa shape index (κ1) is 21.8. The summed E-state index contributed by atoms with van der Waals surface area (Å²) < 4.78 is 5.37. The van der Waals surface area contributed by atoms with Gasteiger partial charge in [-0.2, -0.15) is 5.10 Å². The number of rotatable bonds is 6. The molecule has 0 N–H and O–H groups in total. The lowest BCUT2D eigenvalue weighted by Gasteiger charge is -2.34. The highest BCUT2D eigenvalue weighted by Crippen LogP contribution is 2.36. The van der Waals surface area contributed by atoms with E-state index in [0.29, 0.717) is 18.0 Å². The van der Waals surface area contributed by atoms with Crippen molar-refractivity contribution < 1.29 is 9.53 Å². The van der Waals surface area contributed by atoms with Crippen molar-refractivity contribution in [2.24, 2.45) is 5.10 Å². The third-order valence-electron chi connectivity index (χ3n) is 6.10. The van der Waals surface area contributed by atoms with Gasteiger partial charge in [0.1, 0.15) is 5.75 Å². The highest BCUT2D eigenvalue weighted by atomic mass is 35.5. The number of hydrogen-bond donors (Lipinski definition) is 0. The van der Waals surface area contributed by atoms with E-state index in [1.54, 1.807) is 12.1 Å². The minimum absolute atomic E-state index is 0.00719. The van der Waals surface area contributed by atoms with Crippen molar-refractivity contribution in [2.45, 2.75) is 19.4 Å². The number of piperazine rings is 1. The summed E-state index contributed by atoms with van der Waals surface area (Å²) in [5.74, 6) is 0.779. The number of ether oxygens (including phenoxy) is 1. The molecule has 1 unspecified atom stereocenters. The number of nitrogens with zero attached hydrogens (tertiary/aromatic N) is 4. The second-order valence-corrected chi connectivity index (χ2v) is 8.38. The van der Waals surface area contributed by atoms with E-state index in [0.717, 1.165) is 55.3 Å². The predicted octanol–water partition coefficient (Wildman–Crippen LogP) is 3.66. The normalized spacial score (nSPS) is 20.0. The molecule has 1 fully saturated rings. The van der Waals surface area contributed by atoms with E-state index in [2.05, 4.69) is 16.7 Å². The van der Waals surface area contributed by atoms with Crippen LogP contribution in [0, 0.1) is 0 Å². The van der Waals surface area contributed by atoms with E-state index in [9.17, 15) is 4.79 Å². The van der Waals surface area contributed by atoms with E-state index in [1.165, 1.54) is 0 Å². The number of carbonyl (C=O) groups excluding carboxylic acids is 1. The predicted molar refractivity (Wildman–Crippen MR) is 124 cm³/mol. The SMILES string of the molecule is CCN1CCN(CC(=O)N2N=C(c3cccc(OC)c3)CC2c2ccccc2Cl)CC1. The maximum atomic E-state index is 13.4. The first-order valence-electron chi connectivity index (χ1n) is 10.8. The molecule has 164 valence electrons. The summed E-state index contributed by atoms with van der Waals surface area (Å²) in [6, 6.07) is 15.3. The summed E-state index contributed by atoms with van der Waals surface area (Å²) in [4.78, 5) is 18.0. The van der Waals surface area contributed by atoms with E-state index in [-0.39, 0.29) is 11.9 Å². The van der Waals surface area contributed by atoms with Gasteiger partial charge in [0.15, 0.2) is 0 Å². The molecule has 7 heteroatoms. The molecule has 2 heterocycles. The van der Waals surface area contributed by atoms with Crippen molar-refractivity contribution in [1.82, 2.24) is 14.8 Å². The molecular weight excluding hydrogens is 412 g/mol. The van der Waals surface area contributed by atoms with Gasteiger partial charge < -0.3 is 9.64 Å². The Labute approximate surface area is 189 Å². The Hall–Kier alpha value is -2.41. The standard InChI is InChI=1S/C24H29ClN4O2/c1-3-27-11-13-28(14-12-27)17-24(30)29-23(20-9-4-5-10-21(20)25)16-22(26-29)18-7-6-8-19(15-18)31-2/h4-10,15,23H,3,11-14,16-17H2,1-2H3. The molecule has 2 aromatic rings. The van der Waals surface area contributed by atoms with Crippen LogP contribution in [0.4, 0.5) is 0 Å². The van der Waals surface area contributed by atoms with Crippen molar-refractivity contribution >= 4 is 23.2 Å². The number of benzene rings is 2. The Kier molecular flexibility index (Phi) is 6.90. The lowest BCUT2D eigenvalue weighted by atomic mass is 9.98. The number of methoxy groups -OCH3 is 1. The van der Waals surface area contributed by atoms with E-state index >= 15 is 0 Å². The van der Waals surface area contributed by atoms with E-state index in [4.69, 9.17) is 21.4 Å². The summed E-state index contributed by atoms with van der Waals surface area (Å²) in [5, 5.41) is 7.08. The fraction of sp³-hybridized carbons (Fsp3) is 0.417. The number of hydrogen-bond acceptors (Lipinski definition) is 5. The second-order valence-electron chi connectivity index (χ2n) is 7.97. The van der Waals surface area contributed by atoms with Crippen LogP contribution in [-0.4, -0.2) is 72.8 Å². The van der Waals surface area contributed by atoms with Crippen LogP contribution < -0.4 is 4.74 Å². The molecule has 31 heavy (non-hydrogen) atoms. The summed E-state index contributed by atoms with van der Waals surface area (Å²) in [7, 11) is 1.65. The molecule has 1 saturated heterocycles. The Bertz CT molecular complexity index is 956. The number of carbonyl (C=O) groups is 1. The van der Waals surface area contributed by atoms with Crippen molar-refractivity contribution in [3.63, 3.8) is 0 Å². The van der Waals surface area contributed by atoms with Crippen molar-refractivity contribution in [3.05, 3.63) is 64.7 Å². The molecule has 2 aliphatic rings. The van der Waals surface area contributed by atoms with Crippen LogP contribution in [0.2, 0.25) is 5.02 Å². The molecule has 0 saturated carbocycles. The number of likely N-dealkylation sites (N-methyl/N-ethyl adjacent to an activating group) is 1. The summed E-state index contributed by atoms with van der Waals surface area (Å²) >= 11 is 6.51. The van der Waals surface area contributed by atoms with Gasteiger partial charge in [0.05, 0.1) is 25.4 Å². The molecule has 0 spiro atoms. The van der Waals surface area contributed by atoms with Crippen LogP contribution in [0.3, 0.4) is 0 Å². The second kappa shape index (κ2) is 9.81. The number of amides is 1. The fourth-order valence-corrected chi connectivity index (χ4v) is 4.49. The van der Waals surface area contributed by atoms with Crippen LogP contribution in [0.25, 0.3) is 0 Å². The Morgan fingerprint density at radius 3 is 2.55 bits per heavy atom. The average Bonchev–Trinajstić information content (AvgIpc) is 3.25. The molecule has 0 aromatic heterocycles. The average molecular weight is 441 g/mol. The Morgan fingerprint density at radius 1 is 1.10 bits per heavy atom. The number of halogens is 1. The molecule has 2 aromatic carbocycles. The van der Waals surface area contributed by atoms with Gasteiger partial charge in [0.25, 0.3) is 5.91 Å². The lowest BCUT2D eigenvalue weighted by molar-refractivity contribution is -0.134.